The molecule has 0 aromatic heterocycles. The summed E-state index contributed by atoms with van der Waals surface area (Å²) in [7, 11) is -4.64. The highest BCUT2D eigenvalue weighted by Crippen LogP contribution is 2.25. The summed E-state index contributed by atoms with van der Waals surface area (Å²) in [4.78, 5) is 21.6. The van der Waals surface area contributed by atoms with Crippen LogP contribution in [0.3, 0.4) is 0 Å². The molecule has 0 fully saturated rings. The first kappa shape index (κ1) is 11.6. The Bertz CT molecular complexity index is 117. The van der Waals surface area contributed by atoms with Gasteiger partial charge in [0.2, 0.25) is 0 Å². The molecule has 0 rings (SSSR count). The summed E-state index contributed by atoms with van der Waals surface area (Å²) < 4.78 is 8.88. The van der Waals surface area contributed by atoms with Crippen molar-refractivity contribution >= 4 is 25.2 Å². The van der Waals surface area contributed by atoms with Crippen molar-refractivity contribution in [2.75, 3.05) is 0 Å². The van der Waals surface area contributed by atoms with Gasteiger partial charge in [0.1, 0.15) is 0 Å². The van der Waals surface area contributed by atoms with E-state index in [4.69, 9.17) is 24.4 Å². The summed E-state index contributed by atoms with van der Waals surface area (Å²) in [5.41, 5.74) is 4.40. The fourth-order valence-electron chi connectivity index (χ4n) is 0. The zero-order valence-corrected chi connectivity index (χ0v) is 5.84. The molecule has 0 atom stereocenters. The van der Waals surface area contributed by atoms with Gasteiger partial charge in [-0.15, -0.1) is 0 Å². The van der Waals surface area contributed by atoms with Gasteiger partial charge in [-0.2, -0.15) is 0 Å². The molecular formula is CH6NO5PS. The van der Waals surface area contributed by atoms with Gasteiger partial charge in [0.25, 0.3) is 5.17 Å². The van der Waals surface area contributed by atoms with Crippen molar-refractivity contribution in [3.63, 3.8) is 0 Å². The Morgan fingerprint density at radius 3 is 1.44 bits per heavy atom. The van der Waals surface area contributed by atoms with Crippen molar-refractivity contribution in [3.8, 4) is 0 Å². The van der Waals surface area contributed by atoms with Crippen LogP contribution in [0.15, 0.2) is 0 Å². The molecule has 0 bridgehead atoms. The number of phosphoric acid groups is 1. The van der Waals surface area contributed by atoms with Crippen LogP contribution in [0.25, 0.3) is 0 Å². The van der Waals surface area contributed by atoms with Crippen LogP contribution in [0.2, 0.25) is 0 Å². The smallest absolute Gasteiger partial charge is 0.466 e. The molecule has 0 unspecified atom stereocenters. The minimum Gasteiger partial charge on any atom is -0.487 e. The molecule has 6 nitrogen and oxygen atoms in total. The number of aliphatic hydroxyl groups is 1. The van der Waals surface area contributed by atoms with Crippen LogP contribution in [0, 0.1) is 0 Å². The minimum atomic E-state index is -4.64. The highest BCUT2D eigenvalue weighted by Gasteiger charge is 2.00. The van der Waals surface area contributed by atoms with E-state index in [0.29, 0.717) is 0 Å². The van der Waals surface area contributed by atoms with E-state index in [1.807, 2.05) is 0 Å². The van der Waals surface area contributed by atoms with E-state index in [1.165, 1.54) is 0 Å². The van der Waals surface area contributed by atoms with Crippen molar-refractivity contribution in [3.05, 3.63) is 0 Å². The van der Waals surface area contributed by atoms with E-state index in [-0.39, 0.29) is 0 Å². The number of hydrogen-bond acceptors (Lipinski definition) is 2. The molecule has 9 heavy (non-hydrogen) atoms. The lowest BCUT2D eigenvalue weighted by atomic mass is 11.4. The van der Waals surface area contributed by atoms with E-state index < -0.39 is 13.0 Å². The molecule has 0 heterocycles. The molecular weight excluding hydrogens is 169 g/mol. The monoisotopic (exact) mass is 175 g/mol. The predicted molar refractivity (Wildman–Crippen MR) is 33.7 cm³/mol. The number of nitrogens with two attached hydrogens (primary N) is 1. The number of hydrogen-bond donors (Lipinski definition) is 5. The van der Waals surface area contributed by atoms with Gasteiger partial charge in [0, 0.05) is 0 Å². The highest BCUT2D eigenvalue weighted by atomic mass is 32.1. The number of rotatable bonds is 0. The van der Waals surface area contributed by atoms with Gasteiger partial charge in [-0.3, -0.25) is 0 Å². The van der Waals surface area contributed by atoms with Crippen molar-refractivity contribution in [1.29, 1.82) is 0 Å². The van der Waals surface area contributed by atoms with E-state index in [0.717, 1.165) is 0 Å². The zero-order chi connectivity index (χ0) is 8.08. The maximum absolute atomic E-state index is 8.88. The molecule has 6 N–H and O–H groups in total. The summed E-state index contributed by atoms with van der Waals surface area (Å²) in [6.45, 7) is 0. The van der Waals surface area contributed by atoms with E-state index in [2.05, 4.69) is 18.0 Å². The fourth-order valence-corrected chi connectivity index (χ4v) is 0. The fraction of sp³-hybridized carbons (Fsp3) is 0. The van der Waals surface area contributed by atoms with Gasteiger partial charge < -0.3 is 25.5 Å². The molecule has 0 saturated carbocycles. The molecule has 0 aliphatic rings. The van der Waals surface area contributed by atoms with Gasteiger partial charge in [-0.1, -0.05) is 0 Å². The first-order valence-electron chi connectivity index (χ1n) is 1.50. The van der Waals surface area contributed by atoms with Crippen LogP contribution in [0.5, 0.6) is 0 Å². The zero-order valence-electron chi connectivity index (χ0n) is 4.13. The van der Waals surface area contributed by atoms with Crippen LogP contribution in [0.4, 0.5) is 0 Å². The van der Waals surface area contributed by atoms with Crippen molar-refractivity contribution in [1.82, 2.24) is 0 Å². The highest BCUT2D eigenvalue weighted by molar-refractivity contribution is 7.79. The summed E-state index contributed by atoms with van der Waals surface area (Å²) in [6.07, 6.45) is 0. The average Bonchev–Trinajstić information content (AvgIpc) is 1.19. The van der Waals surface area contributed by atoms with Crippen LogP contribution in [-0.4, -0.2) is 25.0 Å². The molecule has 0 saturated heterocycles. The molecule has 0 aliphatic carbocycles. The second kappa shape index (κ2) is 4.66. The van der Waals surface area contributed by atoms with Gasteiger partial charge in [-0.05, 0) is 12.2 Å². The first-order valence-corrected chi connectivity index (χ1v) is 3.47. The van der Waals surface area contributed by atoms with Crippen LogP contribution in [-0.2, 0) is 4.57 Å². The summed E-state index contributed by atoms with van der Waals surface area (Å²) >= 11 is 3.87. The van der Waals surface area contributed by atoms with Crippen LogP contribution in [0.1, 0.15) is 0 Å². The van der Waals surface area contributed by atoms with Crippen molar-refractivity contribution < 1.29 is 24.4 Å². The van der Waals surface area contributed by atoms with Gasteiger partial charge >= 0.3 is 7.82 Å². The SMILES string of the molecule is NC(O)=S.O=P(O)(O)O. The molecule has 0 radical (unpaired) electrons. The number of aliphatic hydroxyl groups excluding tert-OH is 1. The topological polar surface area (TPSA) is 124 Å². The van der Waals surface area contributed by atoms with Crippen LogP contribution >= 0.6 is 20.0 Å². The average molecular weight is 175 g/mol. The maximum Gasteiger partial charge on any atom is 0.466 e. The lowest BCUT2D eigenvalue weighted by Gasteiger charge is -1.82. The van der Waals surface area contributed by atoms with Crippen molar-refractivity contribution in [2.24, 2.45) is 5.73 Å². The standard InChI is InChI=1S/CH3NOS.H3O4P/c2-1(3)4;1-5(2,3)4/h(H3,2,3,4);(H3,1,2,3,4). The Morgan fingerprint density at radius 2 is 1.44 bits per heavy atom. The molecule has 0 amide bonds. The lowest BCUT2D eigenvalue weighted by Crippen LogP contribution is -2.03. The quantitative estimate of drug-likeness (QED) is 0.233. The third kappa shape index (κ3) is 6560. The molecule has 8 heteroatoms. The van der Waals surface area contributed by atoms with E-state index in [9.17, 15) is 0 Å². The Labute approximate surface area is 56.2 Å². The maximum atomic E-state index is 8.88. The largest absolute Gasteiger partial charge is 0.487 e. The normalized spacial score (nSPS) is 9.22. The molecule has 0 aromatic rings. The molecule has 0 aliphatic heterocycles. The lowest BCUT2D eigenvalue weighted by molar-refractivity contribution is 0.275. The molecule has 0 aromatic carbocycles. The first-order chi connectivity index (χ1) is 3.73. The summed E-state index contributed by atoms with van der Waals surface area (Å²) in [5.74, 6) is 0. The summed E-state index contributed by atoms with van der Waals surface area (Å²) in [6, 6.07) is 0. The van der Waals surface area contributed by atoms with Crippen molar-refractivity contribution in [2.45, 2.75) is 0 Å². The Morgan fingerprint density at radius 1 is 1.44 bits per heavy atom. The predicted octanol–water partition coefficient (Wildman–Crippen LogP) is -1.14. The van der Waals surface area contributed by atoms with Gasteiger partial charge in [0.05, 0.1) is 0 Å². The Balaban J connectivity index is 0. The number of thiocarbonyl (C=S) groups is 1. The van der Waals surface area contributed by atoms with E-state index in [1.54, 1.807) is 0 Å². The second-order valence-electron chi connectivity index (χ2n) is 0.852. The Kier molecular flexibility index (Phi) is 5.99. The minimum absolute atomic E-state index is 0.500. The van der Waals surface area contributed by atoms with Gasteiger partial charge in [0.15, 0.2) is 0 Å². The van der Waals surface area contributed by atoms with Gasteiger partial charge in [-0.25, -0.2) is 4.57 Å². The molecule has 0 spiro atoms. The van der Waals surface area contributed by atoms with E-state index >= 15 is 0 Å². The third-order valence-electron chi connectivity index (χ3n) is 0. The van der Waals surface area contributed by atoms with Crippen LogP contribution < -0.4 is 5.73 Å². The Hall–Kier alpha value is -0.200. The third-order valence-corrected chi connectivity index (χ3v) is 0. The second-order valence-corrected chi connectivity index (χ2v) is 2.30. The summed E-state index contributed by atoms with van der Waals surface area (Å²) in [5, 5.41) is 7.06. The molecule has 56 valence electrons.